The zero-order chi connectivity index (χ0) is 14.0. The molecule has 0 aromatic rings. The molecule has 0 aromatic carbocycles. The highest BCUT2D eigenvalue weighted by atomic mass is 16.6. The van der Waals surface area contributed by atoms with Crippen molar-refractivity contribution in [3.8, 4) is 0 Å². The minimum atomic E-state index is -0.413. The van der Waals surface area contributed by atoms with Crippen molar-refractivity contribution < 1.29 is 9.53 Å². The van der Waals surface area contributed by atoms with Crippen LogP contribution in [0.2, 0.25) is 0 Å². The molecule has 1 rings (SSSR count). The fourth-order valence-corrected chi connectivity index (χ4v) is 2.76. The van der Waals surface area contributed by atoms with Gasteiger partial charge in [0.25, 0.3) is 0 Å². The maximum Gasteiger partial charge on any atom is 0.410 e. The molecule has 0 spiro atoms. The molecule has 1 aliphatic rings. The molecule has 18 heavy (non-hydrogen) atoms. The SMILES string of the molecule is CCC1CCCN(C(=O)OC(C)(C)C)C(C)(C)C1. The quantitative estimate of drug-likeness (QED) is 0.702. The van der Waals surface area contributed by atoms with Gasteiger partial charge in [-0.2, -0.15) is 0 Å². The van der Waals surface area contributed by atoms with E-state index in [1.807, 2.05) is 25.7 Å². The van der Waals surface area contributed by atoms with Crippen LogP contribution in [-0.4, -0.2) is 28.7 Å². The van der Waals surface area contributed by atoms with Crippen molar-refractivity contribution in [1.29, 1.82) is 0 Å². The maximum absolute atomic E-state index is 12.3. The van der Waals surface area contributed by atoms with Crippen molar-refractivity contribution >= 4 is 6.09 Å². The summed E-state index contributed by atoms with van der Waals surface area (Å²) in [5.74, 6) is 0.729. The summed E-state index contributed by atoms with van der Waals surface area (Å²) in [7, 11) is 0. The van der Waals surface area contributed by atoms with Crippen molar-refractivity contribution in [2.45, 2.75) is 78.4 Å². The number of carbonyl (C=O) groups is 1. The van der Waals surface area contributed by atoms with Gasteiger partial charge < -0.3 is 9.64 Å². The van der Waals surface area contributed by atoms with E-state index in [9.17, 15) is 4.79 Å². The van der Waals surface area contributed by atoms with Crippen LogP contribution in [0.3, 0.4) is 0 Å². The number of ether oxygens (including phenoxy) is 1. The second kappa shape index (κ2) is 5.50. The van der Waals surface area contributed by atoms with Crippen molar-refractivity contribution in [2.24, 2.45) is 5.92 Å². The molecule has 0 aromatic heterocycles. The highest BCUT2D eigenvalue weighted by Gasteiger charge is 2.37. The van der Waals surface area contributed by atoms with Gasteiger partial charge in [-0.25, -0.2) is 4.79 Å². The van der Waals surface area contributed by atoms with Crippen LogP contribution in [0.15, 0.2) is 0 Å². The van der Waals surface area contributed by atoms with Crippen molar-refractivity contribution in [3.05, 3.63) is 0 Å². The molecule has 0 N–H and O–H groups in total. The topological polar surface area (TPSA) is 29.5 Å². The molecular weight excluding hydrogens is 226 g/mol. The Kier molecular flexibility index (Phi) is 4.68. The number of hydrogen-bond acceptors (Lipinski definition) is 2. The third-order valence-electron chi connectivity index (χ3n) is 3.70. The largest absolute Gasteiger partial charge is 0.444 e. The van der Waals surface area contributed by atoms with E-state index in [2.05, 4.69) is 20.8 Å². The smallest absolute Gasteiger partial charge is 0.410 e. The van der Waals surface area contributed by atoms with E-state index in [1.54, 1.807) is 0 Å². The van der Waals surface area contributed by atoms with Gasteiger partial charge in [-0.1, -0.05) is 13.3 Å². The summed E-state index contributed by atoms with van der Waals surface area (Å²) in [6.07, 6.45) is 4.42. The Morgan fingerprint density at radius 2 is 2.00 bits per heavy atom. The average molecular weight is 255 g/mol. The summed E-state index contributed by atoms with van der Waals surface area (Å²) in [5.41, 5.74) is -0.511. The van der Waals surface area contributed by atoms with Crippen LogP contribution in [0.1, 0.15) is 67.2 Å². The molecule has 1 unspecified atom stereocenters. The van der Waals surface area contributed by atoms with Gasteiger partial charge in [0.2, 0.25) is 0 Å². The summed E-state index contributed by atoms with van der Waals surface area (Å²) >= 11 is 0. The Hall–Kier alpha value is -0.730. The van der Waals surface area contributed by atoms with Crippen LogP contribution in [0.5, 0.6) is 0 Å². The summed E-state index contributed by atoms with van der Waals surface area (Å²) in [6, 6.07) is 0. The van der Waals surface area contributed by atoms with Crippen LogP contribution in [0.25, 0.3) is 0 Å². The molecule has 106 valence electrons. The zero-order valence-corrected chi connectivity index (χ0v) is 12.9. The molecule has 0 bridgehead atoms. The van der Waals surface area contributed by atoms with Gasteiger partial charge in [0.15, 0.2) is 0 Å². The monoisotopic (exact) mass is 255 g/mol. The molecule has 1 saturated heterocycles. The number of rotatable bonds is 1. The van der Waals surface area contributed by atoms with E-state index in [-0.39, 0.29) is 11.6 Å². The summed E-state index contributed by atoms with van der Waals surface area (Å²) in [5, 5.41) is 0. The maximum atomic E-state index is 12.3. The predicted molar refractivity (Wildman–Crippen MR) is 74.7 cm³/mol. The van der Waals surface area contributed by atoms with Crippen LogP contribution in [0, 0.1) is 5.92 Å². The first kappa shape index (κ1) is 15.3. The third-order valence-corrected chi connectivity index (χ3v) is 3.70. The summed E-state index contributed by atoms with van der Waals surface area (Å²) in [4.78, 5) is 14.2. The van der Waals surface area contributed by atoms with E-state index in [4.69, 9.17) is 4.74 Å². The van der Waals surface area contributed by atoms with E-state index < -0.39 is 5.60 Å². The third kappa shape index (κ3) is 4.18. The number of amides is 1. The lowest BCUT2D eigenvalue weighted by molar-refractivity contribution is 0.00266. The fourth-order valence-electron chi connectivity index (χ4n) is 2.76. The Balaban J connectivity index is 2.77. The number of nitrogens with zero attached hydrogens (tertiary/aromatic N) is 1. The first-order valence-electron chi connectivity index (χ1n) is 7.16. The average Bonchev–Trinajstić information content (AvgIpc) is 2.33. The van der Waals surface area contributed by atoms with E-state index in [0.29, 0.717) is 0 Å². The summed E-state index contributed by atoms with van der Waals surface area (Å²) in [6.45, 7) is 13.1. The van der Waals surface area contributed by atoms with Gasteiger partial charge in [-0.15, -0.1) is 0 Å². The zero-order valence-electron chi connectivity index (χ0n) is 12.9. The van der Waals surface area contributed by atoms with E-state index in [0.717, 1.165) is 25.3 Å². The Morgan fingerprint density at radius 3 is 2.50 bits per heavy atom. The van der Waals surface area contributed by atoms with E-state index in [1.165, 1.54) is 12.8 Å². The van der Waals surface area contributed by atoms with Gasteiger partial charge in [-0.05, 0) is 59.8 Å². The summed E-state index contributed by atoms with van der Waals surface area (Å²) < 4.78 is 5.52. The first-order chi connectivity index (χ1) is 8.15. The predicted octanol–water partition coefficient (Wildman–Crippen LogP) is 4.21. The number of carbonyl (C=O) groups excluding carboxylic acids is 1. The minimum Gasteiger partial charge on any atom is -0.444 e. The molecule has 1 fully saturated rings. The van der Waals surface area contributed by atoms with Gasteiger partial charge in [-0.3, -0.25) is 0 Å². The van der Waals surface area contributed by atoms with Crippen LogP contribution < -0.4 is 0 Å². The van der Waals surface area contributed by atoms with Crippen LogP contribution in [-0.2, 0) is 4.74 Å². The molecule has 0 saturated carbocycles. The molecule has 1 amide bonds. The number of hydrogen-bond donors (Lipinski definition) is 0. The van der Waals surface area contributed by atoms with Crippen molar-refractivity contribution in [2.75, 3.05) is 6.54 Å². The lowest BCUT2D eigenvalue weighted by atomic mass is 9.87. The Bertz CT molecular complexity index is 291. The fraction of sp³-hybridized carbons (Fsp3) is 0.933. The molecule has 1 aliphatic heterocycles. The molecule has 3 nitrogen and oxygen atoms in total. The van der Waals surface area contributed by atoms with E-state index >= 15 is 0 Å². The van der Waals surface area contributed by atoms with Gasteiger partial charge in [0.05, 0.1) is 0 Å². The van der Waals surface area contributed by atoms with Crippen molar-refractivity contribution in [3.63, 3.8) is 0 Å². The molecule has 1 atom stereocenters. The second-order valence-corrected chi connectivity index (χ2v) is 7.07. The highest BCUT2D eigenvalue weighted by Crippen LogP contribution is 2.33. The molecule has 3 heteroatoms. The van der Waals surface area contributed by atoms with Crippen LogP contribution >= 0.6 is 0 Å². The van der Waals surface area contributed by atoms with Crippen molar-refractivity contribution in [1.82, 2.24) is 4.90 Å². The van der Waals surface area contributed by atoms with Crippen LogP contribution in [0.4, 0.5) is 4.79 Å². The Morgan fingerprint density at radius 1 is 1.39 bits per heavy atom. The molecule has 0 radical (unpaired) electrons. The molecular formula is C15H29NO2. The molecule has 0 aliphatic carbocycles. The van der Waals surface area contributed by atoms with Gasteiger partial charge >= 0.3 is 6.09 Å². The molecule has 1 heterocycles. The number of likely N-dealkylation sites (tertiary alicyclic amines) is 1. The lowest BCUT2D eigenvalue weighted by Gasteiger charge is -2.39. The standard InChI is InChI=1S/C15H29NO2/c1-7-12-9-8-10-16(15(5,6)11-12)13(17)18-14(2,3)4/h12H,7-11H2,1-6H3. The second-order valence-electron chi connectivity index (χ2n) is 7.07. The highest BCUT2D eigenvalue weighted by molar-refractivity contribution is 5.69. The van der Waals surface area contributed by atoms with Gasteiger partial charge in [0.1, 0.15) is 5.60 Å². The first-order valence-corrected chi connectivity index (χ1v) is 7.16. The normalized spacial score (nSPS) is 24.6. The Labute approximate surface area is 112 Å². The van der Waals surface area contributed by atoms with Gasteiger partial charge in [0, 0.05) is 12.1 Å². The lowest BCUT2D eigenvalue weighted by Crippen LogP contribution is -2.49. The minimum absolute atomic E-state index is 0.0977.